The molecule has 7 heteroatoms. The van der Waals surface area contributed by atoms with E-state index in [9.17, 15) is 18.4 Å². The van der Waals surface area contributed by atoms with E-state index in [1.165, 1.54) is 11.0 Å². The number of benzene rings is 1. The molecule has 0 radical (unpaired) electrons. The van der Waals surface area contributed by atoms with Gasteiger partial charge in [0.15, 0.2) is 0 Å². The van der Waals surface area contributed by atoms with Gasteiger partial charge in [0.1, 0.15) is 17.3 Å². The molecular formula is C16H21F2N3O2. The maximum atomic E-state index is 13.5. The van der Waals surface area contributed by atoms with Crippen molar-refractivity contribution < 1.29 is 18.4 Å². The Labute approximate surface area is 133 Å². The minimum atomic E-state index is -0.931. The fraction of sp³-hybridized carbons (Fsp3) is 0.500. The number of hydrogen-bond donors (Lipinski definition) is 2. The van der Waals surface area contributed by atoms with Crippen LogP contribution < -0.4 is 11.1 Å². The molecule has 0 spiro atoms. The summed E-state index contributed by atoms with van der Waals surface area (Å²) in [4.78, 5) is 25.8. The van der Waals surface area contributed by atoms with Gasteiger partial charge in [-0.2, -0.15) is 0 Å². The third-order valence-electron chi connectivity index (χ3n) is 4.15. The zero-order valence-corrected chi connectivity index (χ0v) is 13.1. The van der Waals surface area contributed by atoms with Crippen LogP contribution in [0, 0.1) is 11.6 Å². The van der Waals surface area contributed by atoms with E-state index in [2.05, 4.69) is 5.32 Å². The summed E-state index contributed by atoms with van der Waals surface area (Å²) in [5, 5.41) is 2.18. The van der Waals surface area contributed by atoms with Gasteiger partial charge in [-0.05, 0) is 31.9 Å². The minimum Gasteiger partial charge on any atom is -0.332 e. The summed E-state index contributed by atoms with van der Waals surface area (Å²) >= 11 is 0. The molecule has 1 fully saturated rings. The van der Waals surface area contributed by atoms with Gasteiger partial charge in [0.25, 0.3) is 0 Å². The number of halogens is 2. The number of likely N-dealkylation sites (N-methyl/N-ethyl adjacent to an activating group) is 1. The lowest BCUT2D eigenvalue weighted by Crippen LogP contribution is -2.55. The number of nitrogens with two attached hydrogens (primary N) is 1. The molecule has 23 heavy (non-hydrogen) atoms. The molecule has 126 valence electrons. The van der Waals surface area contributed by atoms with Crippen LogP contribution in [0.15, 0.2) is 18.2 Å². The number of nitrogens with one attached hydrogen (secondary N) is 1. The lowest BCUT2D eigenvalue weighted by Gasteiger charge is -2.30. The van der Waals surface area contributed by atoms with Gasteiger partial charge < -0.3 is 16.0 Å². The third-order valence-corrected chi connectivity index (χ3v) is 4.15. The molecule has 3 N–H and O–H groups in total. The van der Waals surface area contributed by atoms with Crippen LogP contribution in [0.4, 0.5) is 14.5 Å². The predicted molar refractivity (Wildman–Crippen MR) is 82.6 cm³/mol. The van der Waals surface area contributed by atoms with E-state index in [1.807, 2.05) is 0 Å². The van der Waals surface area contributed by atoms with E-state index in [0.29, 0.717) is 19.4 Å². The number of amides is 2. The summed E-state index contributed by atoms with van der Waals surface area (Å²) in [6.45, 7) is 1.74. The van der Waals surface area contributed by atoms with Gasteiger partial charge in [-0.15, -0.1) is 0 Å². The average molecular weight is 325 g/mol. The van der Waals surface area contributed by atoms with Gasteiger partial charge in [-0.3, -0.25) is 9.59 Å². The molecule has 0 saturated heterocycles. The monoisotopic (exact) mass is 325 g/mol. The third kappa shape index (κ3) is 3.85. The SMILES string of the molecule is CCN(CC(=O)Nc1c(F)cccc1F)C(=O)C1(N)CCCC1. The highest BCUT2D eigenvalue weighted by atomic mass is 19.1. The van der Waals surface area contributed by atoms with Crippen LogP contribution in [-0.2, 0) is 9.59 Å². The van der Waals surface area contributed by atoms with Crippen LogP contribution in [0.5, 0.6) is 0 Å². The summed E-state index contributed by atoms with van der Waals surface area (Å²) in [5.41, 5.74) is 4.67. The zero-order chi connectivity index (χ0) is 17.0. The van der Waals surface area contributed by atoms with Crippen molar-refractivity contribution in [1.29, 1.82) is 0 Å². The molecule has 1 aliphatic rings. The van der Waals surface area contributed by atoms with E-state index in [-0.39, 0.29) is 12.5 Å². The molecule has 2 rings (SSSR count). The zero-order valence-electron chi connectivity index (χ0n) is 13.1. The maximum absolute atomic E-state index is 13.5. The molecule has 1 saturated carbocycles. The van der Waals surface area contributed by atoms with Crippen molar-refractivity contribution >= 4 is 17.5 Å². The van der Waals surface area contributed by atoms with Crippen molar-refractivity contribution in [2.45, 2.75) is 38.1 Å². The maximum Gasteiger partial charge on any atom is 0.244 e. The molecule has 0 heterocycles. The molecule has 0 bridgehead atoms. The van der Waals surface area contributed by atoms with Crippen LogP contribution in [0.2, 0.25) is 0 Å². The Hall–Kier alpha value is -2.02. The van der Waals surface area contributed by atoms with Gasteiger partial charge in [-0.1, -0.05) is 18.9 Å². The van der Waals surface area contributed by atoms with Crippen molar-refractivity contribution in [3.63, 3.8) is 0 Å². The van der Waals surface area contributed by atoms with Gasteiger partial charge in [-0.25, -0.2) is 8.78 Å². The fourth-order valence-electron chi connectivity index (χ4n) is 2.83. The van der Waals surface area contributed by atoms with Gasteiger partial charge in [0.2, 0.25) is 11.8 Å². The first-order valence-electron chi connectivity index (χ1n) is 7.69. The fourth-order valence-corrected chi connectivity index (χ4v) is 2.83. The number of anilines is 1. The van der Waals surface area contributed by atoms with Crippen LogP contribution in [-0.4, -0.2) is 35.3 Å². The van der Waals surface area contributed by atoms with E-state index < -0.39 is 28.8 Å². The molecule has 5 nitrogen and oxygen atoms in total. The topological polar surface area (TPSA) is 75.4 Å². The lowest BCUT2D eigenvalue weighted by molar-refractivity contribution is -0.139. The number of carbonyl (C=O) groups excluding carboxylic acids is 2. The predicted octanol–water partition coefficient (Wildman–Crippen LogP) is 2.02. The van der Waals surface area contributed by atoms with Gasteiger partial charge in [0.05, 0.1) is 12.1 Å². The van der Waals surface area contributed by atoms with E-state index in [0.717, 1.165) is 25.0 Å². The Morgan fingerprint density at radius 2 is 1.83 bits per heavy atom. The standard InChI is InChI=1S/C16H21F2N3O2/c1-2-21(15(23)16(19)8-3-4-9-16)10-13(22)20-14-11(17)6-5-7-12(14)18/h5-7H,2-4,8-10,19H2,1H3,(H,20,22). The number of para-hydroxylation sites is 1. The second-order valence-corrected chi connectivity index (χ2v) is 5.83. The molecule has 1 aromatic carbocycles. The molecule has 0 aromatic heterocycles. The normalized spacial score (nSPS) is 16.2. The van der Waals surface area contributed by atoms with Crippen molar-refractivity contribution in [3.05, 3.63) is 29.8 Å². The first-order chi connectivity index (χ1) is 10.9. The largest absolute Gasteiger partial charge is 0.332 e. The summed E-state index contributed by atoms with van der Waals surface area (Å²) in [5.74, 6) is -2.68. The molecule has 1 aliphatic carbocycles. The Kier molecular flexibility index (Phi) is 5.30. The van der Waals surface area contributed by atoms with Crippen molar-refractivity contribution in [2.24, 2.45) is 5.73 Å². The second kappa shape index (κ2) is 7.04. The highest BCUT2D eigenvalue weighted by Gasteiger charge is 2.39. The molecule has 0 atom stereocenters. The van der Waals surface area contributed by atoms with Crippen LogP contribution in [0.3, 0.4) is 0 Å². The molecule has 0 aliphatic heterocycles. The summed E-state index contributed by atoms with van der Waals surface area (Å²) in [6, 6.07) is 3.31. The minimum absolute atomic E-state index is 0.290. The van der Waals surface area contributed by atoms with E-state index in [4.69, 9.17) is 5.73 Å². The molecule has 0 unspecified atom stereocenters. The Morgan fingerprint density at radius 1 is 1.26 bits per heavy atom. The smallest absolute Gasteiger partial charge is 0.244 e. The number of carbonyl (C=O) groups is 2. The van der Waals surface area contributed by atoms with Crippen molar-refractivity contribution in [2.75, 3.05) is 18.4 Å². The Morgan fingerprint density at radius 3 is 2.35 bits per heavy atom. The highest BCUT2D eigenvalue weighted by Crippen LogP contribution is 2.29. The highest BCUT2D eigenvalue weighted by molar-refractivity contribution is 5.96. The first kappa shape index (κ1) is 17.3. The lowest BCUT2D eigenvalue weighted by atomic mass is 9.97. The summed E-state index contributed by atoms with van der Waals surface area (Å²) < 4.78 is 27.1. The summed E-state index contributed by atoms with van der Waals surface area (Å²) in [7, 11) is 0. The first-order valence-corrected chi connectivity index (χ1v) is 7.69. The number of nitrogens with zero attached hydrogens (tertiary/aromatic N) is 1. The van der Waals surface area contributed by atoms with Crippen molar-refractivity contribution in [3.8, 4) is 0 Å². The number of hydrogen-bond acceptors (Lipinski definition) is 3. The van der Waals surface area contributed by atoms with Crippen molar-refractivity contribution in [1.82, 2.24) is 4.90 Å². The Bertz CT molecular complexity index is 581. The quantitative estimate of drug-likeness (QED) is 0.870. The van der Waals surface area contributed by atoms with Gasteiger partial charge in [0, 0.05) is 6.54 Å². The Balaban J connectivity index is 2.04. The summed E-state index contributed by atoms with van der Waals surface area (Å²) in [6.07, 6.45) is 2.94. The van der Waals surface area contributed by atoms with E-state index >= 15 is 0 Å². The van der Waals surface area contributed by atoms with Gasteiger partial charge >= 0.3 is 0 Å². The molecule has 2 amide bonds. The van der Waals surface area contributed by atoms with Crippen LogP contribution in [0.25, 0.3) is 0 Å². The average Bonchev–Trinajstić information content (AvgIpc) is 2.96. The van der Waals surface area contributed by atoms with Crippen LogP contribution in [0.1, 0.15) is 32.6 Å². The van der Waals surface area contributed by atoms with E-state index in [1.54, 1.807) is 6.92 Å². The number of rotatable bonds is 5. The second-order valence-electron chi connectivity index (χ2n) is 5.83. The molecular weight excluding hydrogens is 304 g/mol. The van der Waals surface area contributed by atoms with Crippen LogP contribution >= 0.6 is 0 Å². The molecule has 1 aromatic rings.